The number of rotatable bonds is 5. The molecule has 1 aliphatic rings. The molecule has 0 radical (unpaired) electrons. The van der Waals surface area contributed by atoms with Gasteiger partial charge in [0.1, 0.15) is 0 Å². The highest BCUT2D eigenvalue weighted by atomic mass is 35.5. The summed E-state index contributed by atoms with van der Waals surface area (Å²) in [6.45, 7) is 2.77. The lowest BCUT2D eigenvalue weighted by Crippen LogP contribution is -2.40. The van der Waals surface area contributed by atoms with E-state index < -0.39 is 0 Å². The van der Waals surface area contributed by atoms with Gasteiger partial charge in [-0.25, -0.2) is 4.98 Å². The van der Waals surface area contributed by atoms with E-state index in [1.165, 1.54) is 12.8 Å². The van der Waals surface area contributed by atoms with Crippen LogP contribution in [0.3, 0.4) is 0 Å². The van der Waals surface area contributed by atoms with Crippen LogP contribution in [-0.4, -0.2) is 27.5 Å². The Labute approximate surface area is 138 Å². The third-order valence-electron chi connectivity index (χ3n) is 3.87. The maximum atomic E-state index is 12.0. The minimum absolute atomic E-state index is 0. The van der Waals surface area contributed by atoms with Crippen molar-refractivity contribution in [3.05, 3.63) is 18.7 Å². The molecule has 2 rings (SSSR count). The Balaban J connectivity index is 0.00000200. The molecular weight excluding hydrogens is 311 g/mol. The minimum Gasteiger partial charge on any atom is -0.352 e. The van der Waals surface area contributed by atoms with Crippen molar-refractivity contribution in [2.75, 3.05) is 0 Å². The number of hydrogen-bond acceptors (Lipinski definition) is 3. The van der Waals surface area contributed by atoms with Gasteiger partial charge in [0.05, 0.1) is 6.33 Å². The molecular formula is C14H26Cl2N4O. The molecule has 1 amide bonds. The monoisotopic (exact) mass is 336 g/mol. The summed E-state index contributed by atoms with van der Waals surface area (Å²) >= 11 is 0. The highest BCUT2D eigenvalue weighted by molar-refractivity contribution is 5.85. The van der Waals surface area contributed by atoms with Gasteiger partial charge < -0.3 is 15.6 Å². The summed E-state index contributed by atoms with van der Waals surface area (Å²) in [6, 6.07) is 0.310. The number of nitrogens with zero attached hydrogens (tertiary/aromatic N) is 2. The van der Waals surface area contributed by atoms with Crippen molar-refractivity contribution in [3.63, 3.8) is 0 Å². The predicted octanol–water partition coefficient (Wildman–Crippen LogP) is 2.14. The molecule has 1 aromatic heterocycles. The van der Waals surface area contributed by atoms with Crippen LogP contribution in [-0.2, 0) is 11.3 Å². The lowest BCUT2D eigenvalue weighted by Gasteiger charge is -2.28. The van der Waals surface area contributed by atoms with Gasteiger partial charge in [0.15, 0.2) is 0 Å². The van der Waals surface area contributed by atoms with Gasteiger partial charge in [0, 0.05) is 37.4 Å². The summed E-state index contributed by atoms with van der Waals surface area (Å²) in [5, 5.41) is 3.04. The molecule has 7 heteroatoms. The van der Waals surface area contributed by atoms with Gasteiger partial charge >= 0.3 is 0 Å². The van der Waals surface area contributed by atoms with E-state index in [-0.39, 0.29) is 42.8 Å². The van der Waals surface area contributed by atoms with Gasteiger partial charge in [-0.05, 0) is 25.7 Å². The molecule has 1 heterocycles. The fraction of sp³-hybridized carbons (Fsp3) is 0.714. The smallest absolute Gasteiger partial charge is 0.220 e. The fourth-order valence-corrected chi connectivity index (χ4v) is 2.82. The van der Waals surface area contributed by atoms with Crippen LogP contribution < -0.4 is 11.1 Å². The van der Waals surface area contributed by atoms with Crippen LogP contribution >= 0.6 is 24.8 Å². The zero-order valence-electron chi connectivity index (χ0n) is 12.4. The second-order valence-corrected chi connectivity index (χ2v) is 5.64. The largest absolute Gasteiger partial charge is 0.352 e. The Morgan fingerprint density at radius 2 is 2.14 bits per heavy atom. The van der Waals surface area contributed by atoms with Crippen molar-refractivity contribution in [1.29, 1.82) is 0 Å². The molecule has 0 bridgehead atoms. The number of imidazole rings is 1. The van der Waals surface area contributed by atoms with Gasteiger partial charge in [-0.1, -0.05) is 12.8 Å². The average molecular weight is 337 g/mol. The van der Waals surface area contributed by atoms with E-state index in [1.54, 1.807) is 12.5 Å². The SMILES string of the molecule is CC(Cn1ccnc1)NC(=O)CC1CCCCC1N.Cl.Cl. The van der Waals surface area contributed by atoms with Crippen LogP contribution in [0, 0.1) is 5.92 Å². The van der Waals surface area contributed by atoms with E-state index in [0.717, 1.165) is 19.4 Å². The van der Waals surface area contributed by atoms with Crippen LogP contribution in [0.1, 0.15) is 39.0 Å². The Bertz CT molecular complexity index is 400. The molecule has 3 unspecified atom stereocenters. The first kappa shape index (κ1) is 20.2. The van der Waals surface area contributed by atoms with Crippen molar-refractivity contribution in [1.82, 2.24) is 14.9 Å². The molecule has 3 atom stereocenters. The first-order valence-electron chi connectivity index (χ1n) is 7.16. The third kappa shape index (κ3) is 6.68. The van der Waals surface area contributed by atoms with E-state index in [4.69, 9.17) is 5.73 Å². The second kappa shape index (κ2) is 10.0. The number of carbonyl (C=O) groups excluding carboxylic acids is 1. The molecule has 3 N–H and O–H groups in total. The summed E-state index contributed by atoms with van der Waals surface area (Å²) in [5.74, 6) is 0.476. The molecule has 5 nitrogen and oxygen atoms in total. The summed E-state index contributed by atoms with van der Waals surface area (Å²) in [4.78, 5) is 16.0. The number of hydrogen-bond donors (Lipinski definition) is 2. The lowest BCUT2D eigenvalue weighted by atomic mass is 9.83. The van der Waals surface area contributed by atoms with Crippen LogP contribution in [0.4, 0.5) is 0 Å². The van der Waals surface area contributed by atoms with Crippen LogP contribution in [0.15, 0.2) is 18.7 Å². The Hall–Kier alpha value is -0.780. The number of nitrogens with two attached hydrogens (primary N) is 1. The van der Waals surface area contributed by atoms with Crippen molar-refractivity contribution in [2.45, 2.75) is 57.7 Å². The molecule has 1 saturated carbocycles. The molecule has 0 aromatic carbocycles. The zero-order valence-corrected chi connectivity index (χ0v) is 14.0. The van der Waals surface area contributed by atoms with Crippen molar-refractivity contribution in [3.8, 4) is 0 Å². The summed E-state index contributed by atoms with van der Waals surface area (Å²) < 4.78 is 1.97. The number of nitrogens with one attached hydrogen (secondary N) is 1. The summed E-state index contributed by atoms with van der Waals surface area (Å²) in [5.41, 5.74) is 6.08. The molecule has 1 fully saturated rings. The molecule has 1 aliphatic carbocycles. The molecule has 1 aromatic rings. The minimum atomic E-state index is 0. The van der Waals surface area contributed by atoms with E-state index in [2.05, 4.69) is 10.3 Å². The number of halogens is 2. The quantitative estimate of drug-likeness (QED) is 0.865. The Morgan fingerprint density at radius 3 is 2.76 bits per heavy atom. The van der Waals surface area contributed by atoms with Gasteiger partial charge in [-0.3, -0.25) is 4.79 Å². The van der Waals surface area contributed by atoms with E-state index in [1.807, 2.05) is 17.7 Å². The van der Waals surface area contributed by atoms with Gasteiger partial charge in [0.25, 0.3) is 0 Å². The Kier molecular flexibility index (Phi) is 9.66. The Morgan fingerprint density at radius 1 is 1.43 bits per heavy atom. The summed E-state index contributed by atoms with van der Waals surface area (Å²) in [6.07, 6.45) is 10.5. The van der Waals surface area contributed by atoms with E-state index in [9.17, 15) is 4.79 Å². The molecule has 0 spiro atoms. The zero-order chi connectivity index (χ0) is 13.7. The maximum Gasteiger partial charge on any atom is 0.220 e. The van der Waals surface area contributed by atoms with Gasteiger partial charge in [-0.15, -0.1) is 24.8 Å². The van der Waals surface area contributed by atoms with Gasteiger partial charge in [0.2, 0.25) is 5.91 Å². The topological polar surface area (TPSA) is 72.9 Å². The second-order valence-electron chi connectivity index (χ2n) is 5.64. The highest BCUT2D eigenvalue weighted by Crippen LogP contribution is 2.25. The summed E-state index contributed by atoms with van der Waals surface area (Å²) in [7, 11) is 0. The first-order valence-corrected chi connectivity index (χ1v) is 7.16. The lowest BCUT2D eigenvalue weighted by molar-refractivity contribution is -0.123. The van der Waals surface area contributed by atoms with Gasteiger partial charge in [-0.2, -0.15) is 0 Å². The average Bonchev–Trinajstić information content (AvgIpc) is 2.84. The molecule has 0 aliphatic heterocycles. The number of carbonyl (C=O) groups is 1. The predicted molar refractivity (Wildman–Crippen MR) is 88.9 cm³/mol. The maximum absolute atomic E-state index is 12.0. The normalized spacial score (nSPS) is 22.6. The highest BCUT2D eigenvalue weighted by Gasteiger charge is 2.24. The molecule has 122 valence electrons. The fourth-order valence-electron chi connectivity index (χ4n) is 2.82. The van der Waals surface area contributed by atoms with Crippen molar-refractivity contribution >= 4 is 30.7 Å². The number of aromatic nitrogens is 2. The van der Waals surface area contributed by atoms with Crippen LogP contribution in [0.2, 0.25) is 0 Å². The van der Waals surface area contributed by atoms with E-state index >= 15 is 0 Å². The third-order valence-corrected chi connectivity index (χ3v) is 3.87. The van der Waals surface area contributed by atoms with E-state index in [0.29, 0.717) is 12.3 Å². The first-order chi connectivity index (χ1) is 9.15. The van der Waals surface area contributed by atoms with Crippen molar-refractivity contribution < 1.29 is 4.79 Å². The molecule has 21 heavy (non-hydrogen) atoms. The van der Waals surface area contributed by atoms with Crippen LogP contribution in [0.25, 0.3) is 0 Å². The van der Waals surface area contributed by atoms with Crippen LogP contribution in [0.5, 0.6) is 0 Å². The molecule has 0 saturated heterocycles. The van der Waals surface area contributed by atoms with Crippen molar-refractivity contribution in [2.24, 2.45) is 11.7 Å². The standard InChI is InChI=1S/C14H24N4O.2ClH/c1-11(9-18-7-6-16-10-18)17-14(19)8-12-4-2-3-5-13(12)15;;/h6-7,10-13H,2-5,8-9,15H2,1H3,(H,17,19);2*1H. The number of amides is 1.